The quantitative estimate of drug-likeness (QED) is 0.801. The maximum Gasteiger partial charge on any atom is 0.258 e. The summed E-state index contributed by atoms with van der Waals surface area (Å²) >= 11 is 0. The van der Waals surface area contributed by atoms with Crippen molar-refractivity contribution in [2.24, 2.45) is 0 Å². The number of benzene rings is 2. The molecular formula is C20H19NO2. The van der Waals surface area contributed by atoms with Crippen LogP contribution in [-0.4, -0.2) is 9.67 Å². The molecule has 0 fully saturated rings. The number of nitrogens with zero attached hydrogens (tertiary/aromatic N) is 1. The molecule has 0 atom stereocenters. The Morgan fingerprint density at radius 1 is 0.913 bits per heavy atom. The van der Waals surface area contributed by atoms with Crippen LogP contribution < -0.4 is 5.56 Å². The van der Waals surface area contributed by atoms with Gasteiger partial charge >= 0.3 is 0 Å². The van der Waals surface area contributed by atoms with Crippen molar-refractivity contribution in [1.82, 2.24) is 4.57 Å². The van der Waals surface area contributed by atoms with Gasteiger partial charge in [0.25, 0.3) is 5.56 Å². The molecule has 116 valence electrons. The van der Waals surface area contributed by atoms with Crippen molar-refractivity contribution in [3.63, 3.8) is 0 Å². The first-order chi connectivity index (χ1) is 11.1. The maximum atomic E-state index is 12.8. The smallest absolute Gasteiger partial charge is 0.258 e. The van der Waals surface area contributed by atoms with E-state index in [1.54, 1.807) is 10.6 Å². The third-order valence-electron chi connectivity index (χ3n) is 3.99. The van der Waals surface area contributed by atoms with E-state index in [0.717, 1.165) is 16.8 Å². The number of aromatic hydroxyl groups is 1. The number of aromatic nitrogens is 1. The Labute approximate surface area is 135 Å². The normalized spacial score (nSPS) is 10.7. The highest BCUT2D eigenvalue weighted by Crippen LogP contribution is 2.19. The number of pyridine rings is 1. The van der Waals surface area contributed by atoms with Gasteiger partial charge in [-0.05, 0) is 24.1 Å². The molecule has 1 aromatic heterocycles. The first-order valence-corrected chi connectivity index (χ1v) is 7.65. The Kier molecular flexibility index (Phi) is 4.29. The average Bonchev–Trinajstić information content (AvgIpc) is 2.57. The molecule has 0 unspecified atom stereocenters. The van der Waals surface area contributed by atoms with Crippen LogP contribution in [-0.2, 0) is 13.0 Å². The van der Waals surface area contributed by atoms with E-state index in [0.29, 0.717) is 18.5 Å². The molecule has 0 spiro atoms. The van der Waals surface area contributed by atoms with Crippen LogP contribution in [0.4, 0.5) is 0 Å². The molecule has 0 aliphatic carbocycles. The molecule has 0 radical (unpaired) electrons. The number of rotatable bonds is 4. The van der Waals surface area contributed by atoms with Crippen molar-refractivity contribution < 1.29 is 5.11 Å². The predicted molar refractivity (Wildman–Crippen MR) is 91.9 cm³/mol. The first kappa shape index (κ1) is 15.1. The van der Waals surface area contributed by atoms with Gasteiger partial charge in [-0.1, -0.05) is 60.7 Å². The summed E-state index contributed by atoms with van der Waals surface area (Å²) in [6, 6.07) is 21.3. The van der Waals surface area contributed by atoms with Gasteiger partial charge in [0.1, 0.15) is 5.75 Å². The molecule has 0 bridgehead atoms. The van der Waals surface area contributed by atoms with E-state index in [1.807, 2.05) is 67.6 Å². The third kappa shape index (κ3) is 3.34. The summed E-state index contributed by atoms with van der Waals surface area (Å²) in [5.74, 6) is 0.0701. The van der Waals surface area contributed by atoms with Crippen LogP contribution in [0.15, 0.2) is 71.5 Å². The van der Waals surface area contributed by atoms with E-state index in [9.17, 15) is 9.90 Å². The van der Waals surface area contributed by atoms with Gasteiger partial charge in [0.15, 0.2) is 0 Å². The summed E-state index contributed by atoms with van der Waals surface area (Å²) in [5.41, 5.74) is 3.14. The molecule has 3 rings (SSSR count). The highest BCUT2D eigenvalue weighted by molar-refractivity contribution is 5.37. The van der Waals surface area contributed by atoms with Crippen LogP contribution in [0.1, 0.15) is 22.4 Å². The molecule has 1 heterocycles. The minimum Gasteiger partial charge on any atom is -0.507 e. The van der Waals surface area contributed by atoms with Crippen LogP contribution >= 0.6 is 0 Å². The standard InChI is InChI=1S/C20H19NO2/c1-15-12-19(22)18(13-16-8-4-2-5-9-16)20(23)21(15)14-17-10-6-3-7-11-17/h2-12,22H,13-14H2,1H3. The molecule has 1 N–H and O–H groups in total. The molecule has 3 heteroatoms. The Balaban J connectivity index is 2.01. The van der Waals surface area contributed by atoms with Crippen LogP contribution in [0.3, 0.4) is 0 Å². The first-order valence-electron chi connectivity index (χ1n) is 7.65. The van der Waals surface area contributed by atoms with Crippen LogP contribution in [0.25, 0.3) is 0 Å². The second-order valence-corrected chi connectivity index (χ2v) is 5.69. The van der Waals surface area contributed by atoms with Crippen molar-refractivity contribution >= 4 is 0 Å². The Hall–Kier alpha value is -2.81. The largest absolute Gasteiger partial charge is 0.507 e. The Morgan fingerprint density at radius 3 is 2.09 bits per heavy atom. The van der Waals surface area contributed by atoms with Crippen LogP contribution in [0, 0.1) is 6.92 Å². The predicted octanol–water partition coefficient (Wildman–Crippen LogP) is 3.50. The van der Waals surface area contributed by atoms with Gasteiger partial charge in [0.2, 0.25) is 0 Å². The van der Waals surface area contributed by atoms with Crippen molar-refractivity contribution in [2.45, 2.75) is 19.9 Å². The van der Waals surface area contributed by atoms with Crippen molar-refractivity contribution in [2.75, 3.05) is 0 Å². The van der Waals surface area contributed by atoms with Gasteiger partial charge in [0.05, 0.1) is 12.1 Å². The van der Waals surface area contributed by atoms with Gasteiger partial charge in [-0.3, -0.25) is 4.79 Å². The van der Waals surface area contributed by atoms with E-state index in [-0.39, 0.29) is 11.3 Å². The zero-order valence-corrected chi connectivity index (χ0v) is 13.1. The Morgan fingerprint density at radius 2 is 1.48 bits per heavy atom. The molecule has 0 aliphatic rings. The lowest BCUT2D eigenvalue weighted by Crippen LogP contribution is -2.26. The minimum absolute atomic E-state index is 0.0701. The molecule has 3 aromatic rings. The van der Waals surface area contributed by atoms with Crippen molar-refractivity contribution in [3.8, 4) is 5.75 Å². The molecule has 3 nitrogen and oxygen atoms in total. The fourth-order valence-corrected chi connectivity index (χ4v) is 2.72. The SMILES string of the molecule is Cc1cc(O)c(Cc2ccccc2)c(=O)n1Cc1ccccc1. The third-order valence-corrected chi connectivity index (χ3v) is 3.99. The lowest BCUT2D eigenvalue weighted by Gasteiger charge is -2.14. The lowest BCUT2D eigenvalue weighted by atomic mass is 10.0. The zero-order valence-electron chi connectivity index (χ0n) is 13.1. The summed E-state index contributed by atoms with van der Waals surface area (Å²) in [4.78, 5) is 12.8. The van der Waals surface area contributed by atoms with Gasteiger partial charge in [-0.15, -0.1) is 0 Å². The molecule has 0 saturated heterocycles. The summed E-state index contributed by atoms with van der Waals surface area (Å²) in [5, 5.41) is 10.2. The van der Waals surface area contributed by atoms with Crippen molar-refractivity contribution in [3.05, 3.63) is 99.5 Å². The van der Waals surface area contributed by atoms with Crippen LogP contribution in [0.2, 0.25) is 0 Å². The topological polar surface area (TPSA) is 42.2 Å². The number of aryl methyl sites for hydroxylation is 1. The highest BCUT2D eigenvalue weighted by Gasteiger charge is 2.13. The Bertz CT molecular complexity index is 783. The second-order valence-electron chi connectivity index (χ2n) is 5.69. The van der Waals surface area contributed by atoms with E-state index >= 15 is 0 Å². The number of hydrogen-bond donors (Lipinski definition) is 1. The molecule has 0 amide bonds. The van der Waals surface area contributed by atoms with E-state index < -0.39 is 0 Å². The average molecular weight is 305 g/mol. The summed E-state index contributed by atoms with van der Waals surface area (Å²) in [7, 11) is 0. The minimum atomic E-state index is -0.129. The van der Waals surface area contributed by atoms with E-state index in [1.165, 1.54) is 0 Å². The fourth-order valence-electron chi connectivity index (χ4n) is 2.72. The van der Waals surface area contributed by atoms with E-state index in [4.69, 9.17) is 0 Å². The molecule has 0 saturated carbocycles. The summed E-state index contributed by atoms with van der Waals surface area (Å²) in [6.07, 6.45) is 0.431. The lowest BCUT2D eigenvalue weighted by molar-refractivity contribution is 0.463. The van der Waals surface area contributed by atoms with Crippen molar-refractivity contribution in [1.29, 1.82) is 0 Å². The second kappa shape index (κ2) is 6.53. The zero-order chi connectivity index (χ0) is 16.2. The molecule has 23 heavy (non-hydrogen) atoms. The highest BCUT2D eigenvalue weighted by atomic mass is 16.3. The van der Waals surface area contributed by atoms with Crippen LogP contribution in [0.5, 0.6) is 5.75 Å². The van der Waals surface area contributed by atoms with Gasteiger partial charge in [-0.2, -0.15) is 0 Å². The van der Waals surface area contributed by atoms with Gasteiger partial charge < -0.3 is 9.67 Å². The maximum absolute atomic E-state index is 12.8. The van der Waals surface area contributed by atoms with Gasteiger partial charge in [-0.25, -0.2) is 0 Å². The fraction of sp³-hybridized carbons (Fsp3) is 0.150. The molecule has 0 aliphatic heterocycles. The molecule has 2 aromatic carbocycles. The molecular weight excluding hydrogens is 286 g/mol. The van der Waals surface area contributed by atoms with Gasteiger partial charge in [0, 0.05) is 12.1 Å². The summed E-state index contributed by atoms with van der Waals surface area (Å²) < 4.78 is 1.72. The monoisotopic (exact) mass is 305 g/mol. The number of hydrogen-bond acceptors (Lipinski definition) is 2. The van der Waals surface area contributed by atoms with E-state index in [2.05, 4.69) is 0 Å². The summed E-state index contributed by atoms with van der Waals surface area (Å²) in [6.45, 7) is 2.35.